The van der Waals surface area contributed by atoms with Gasteiger partial charge in [0.05, 0.1) is 27.6 Å². The zero-order valence-electron chi connectivity index (χ0n) is 53.4. The van der Waals surface area contributed by atoms with Crippen LogP contribution in [0.1, 0.15) is 105 Å². The molecule has 10 aromatic carbocycles. The normalized spacial score (nSPS) is 12.3. The number of hydrogen-bond acceptors (Lipinski definition) is 3. The van der Waals surface area contributed by atoms with Crippen LogP contribution in [0, 0.1) is 6.07 Å². The van der Waals surface area contributed by atoms with E-state index in [0.717, 1.165) is 117 Å². The van der Waals surface area contributed by atoms with Crippen molar-refractivity contribution in [3.63, 3.8) is 0 Å². The maximum atomic E-state index is 12.6. The van der Waals surface area contributed by atoms with Crippen LogP contribution in [0.4, 0.5) is 0 Å². The van der Waals surface area contributed by atoms with E-state index in [1.807, 2.05) is 6.20 Å². The van der Waals surface area contributed by atoms with Crippen LogP contribution in [0.5, 0.6) is 5.75 Å². The van der Waals surface area contributed by atoms with Crippen LogP contribution in [-0.4, -0.2) is 24.2 Å². The van der Waals surface area contributed by atoms with E-state index in [9.17, 15) is 5.11 Å². The summed E-state index contributed by atoms with van der Waals surface area (Å²) in [5, 5.41) is 15.0. The fourth-order valence-electron chi connectivity index (χ4n) is 12.8. The van der Waals surface area contributed by atoms with Crippen LogP contribution in [0.2, 0.25) is 0 Å². The van der Waals surface area contributed by atoms with Crippen molar-refractivity contribution in [3.05, 3.63) is 253 Å². The SMILES string of the molecule is Cn1c(-c2cc(C(C)(C)C)cc(C(C)(C)C)c2O)nc2c(-c3[c-]c(-c4cc(-c5cccc6c7ccccc7n(-c7ccccc7)c56)ccn4)cc(-c4cc(C(C)(C)C)ccc4-c4ccccc4)c3)cc(-c3cc(C(C)(C)C)ccc3-c3ccccc3)cc21.[Pt]. The second-order valence-corrected chi connectivity index (χ2v) is 28.1. The maximum absolute atomic E-state index is 12.6. The van der Waals surface area contributed by atoms with Gasteiger partial charge in [-0.1, -0.05) is 270 Å². The Labute approximate surface area is 540 Å². The van der Waals surface area contributed by atoms with Gasteiger partial charge in [0.25, 0.3) is 0 Å². The van der Waals surface area contributed by atoms with Crippen molar-refractivity contribution in [1.29, 1.82) is 0 Å². The summed E-state index contributed by atoms with van der Waals surface area (Å²) in [5.41, 5.74) is 24.0. The molecule has 0 aliphatic carbocycles. The molecule has 0 unspecified atom stereocenters. The first-order valence-corrected chi connectivity index (χ1v) is 30.9. The third kappa shape index (κ3) is 11.3. The van der Waals surface area contributed by atoms with Crippen LogP contribution in [-0.2, 0) is 49.8 Å². The summed E-state index contributed by atoms with van der Waals surface area (Å²) in [7, 11) is 2.10. The first kappa shape index (κ1) is 60.4. The Morgan fingerprint density at radius 3 is 1.53 bits per heavy atom. The average molecular weight is 1340 g/mol. The van der Waals surface area contributed by atoms with Gasteiger partial charge in [0.1, 0.15) is 11.6 Å². The first-order valence-electron chi connectivity index (χ1n) is 30.9. The zero-order chi connectivity index (χ0) is 61.6. The summed E-state index contributed by atoms with van der Waals surface area (Å²) in [5.74, 6) is 0.935. The van der Waals surface area contributed by atoms with Gasteiger partial charge >= 0.3 is 0 Å². The van der Waals surface area contributed by atoms with Crippen molar-refractivity contribution in [2.45, 2.75) is 105 Å². The number of hydrogen-bond donors (Lipinski definition) is 1. The number of fused-ring (bicyclic) bond motifs is 4. The number of nitrogens with zero attached hydrogens (tertiary/aromatic N) is 4. The van der Waals surface area contributed by atoms with Gasteiger partial charge in [-0.15, -0.1) is 23.8 Å². The molecule has 0 radical (unpaired) electrons. The molecule has 6 heteroatoms. The third-order valence-electron chi connectivity index (χ3n) is 17.8. The van der Waals surface area contributed by atoms with Gasteiger partial charge in [-0.05, 0) is 119 Å². The van der Waals surface area contributed by atoms with Crippen LogP contribution in [0.25, 0.3) is 128 Å². The molecular formula is C83H77N4OPt-. The van der Waals surface area contributed by atoms with Gasteiger partial charge in [0, 0.05) is 67.6 Å². The summed E-state index contributed by atoms with van der Waals surface area (Å²) in [6, 6.07) is 83.6. The van der Waals surface area contributed by atoms with E-state index in [2.05, 4.69) is 324 Å². The van der Waals surface area contributed by atoms with E-state index in [1.165, 1.54) is 21.9 Å². The molecule has 89 heavy (non-hydrogen) atoms. The number of para-hydroxylation sites is 3. The van der Waals surface area contributed by atoms with Gasteiger partial charge in [-0.2, -0.15) is 0 Å². The Balaban J connectivity index is 0.00000769. The molecule has 0 fully saturated rings. The number of benzene rings is 10. The Kier molecular flexibility index (Phi) is 15.6. The molecule has 1 N–H and O–H groups in total. The van der Waals surface area contributed by atoms with Crippen molar-refractivity contribution in [2.75, 3.05) is 0 Å². The summed E-state index contributed by atoms with van der Waals surface area (Å²) >= 11 is 0. The molecule has 0 amide bonds. The molecule has 0 atom stereocenters. The molecule has 0 aliphatic heterocycles. The Bertz CT molecular complexity index is 4830. The molecule has 13 aromatic rings. The Hall–Kier alpha value is -8.89. The van der Waals surface area contributed by atoms with Crippen molar-refractivity contribution in [3.8, 4) is 101 Å². The standard InChI is InChI=1S/C83H77N4O.Pt/c1-80(2,3)59-36-38-63(52-26-17-14-18-27-52)68(48-59)55-42-56(44-58(43-55)73-46-54(40-41-84-73)65-33-25-34-67-66-32-23-24-35-74(66)87(77(65)67)62-30-21-16-22-31-62)70-45-57(69-49-60(81(4,5)6)37-39-64(69)53-28-19-15-20-29-53)47-75-76(70)85-79(86(75)13)71-50-61(82(7,8)9)51-72(78(71)88)83(10,11)12;/h14-43,45-51,88H,1-13H3;/q-1;. The fraction of sp³-hybridized carbons (Fsp3) is 0.205. The minimum absolute atomic E-state index is 0. The van der Waals surface area contributed by atoms with E-state index < -0.39 is 0 Å². The van der Waals surface area contributed by atoms with Crippen molar-refractivity contribution in [1.82, 2.24) is 19.1 Å². The molecule has 5 nitrogen and oxygen atoms in total. The largest absolute Gasteiger partial charge is 0.507 e. The Morgan fingerprint density at radius 1 is 0.393 bits per heavy atom. The number of phenols is 1. The minimum atomic E-state index is -0.345. The van der Waals surface area contributed by atoms with Gasteiger partial charge in [0.2, 0.25) is 0 Å². The summed E-state index contributed by atoms with van der Waals surface area (Å²) in [6.07, 6.45) is 1.95. The smallest absolute Gasteiger partial charge is 0.143 e. The monoisotopic (exact) mass is 1340 g/mol. The molecule has 0 bridgehead atoms. The molecule has 0 aliphatic rings. The summed E-state index contributed by atoms with van der Waals surface area (Å²) < 4.78 is 4.60. The molecule has 13 rings (SSSR count). The molecule has 0 saturated carbocycles. The molecule has 3 aromatic heterocycles. The third-order valence-corrected chi connectivity index (χ3v) is 17.8. The molecule has 0 saturated heterocycles. The van der Waals surface area contributed by atoms with Crippen LogP contribution >= 0.6 is 0 Å². The predicted octanol–water partition coefficient (Wildman–Crippen LogP) is 22.1. The van der Waals surface area contributed by atoms with E-state index in [-0.39, 0.29) is 48.5 Å². The number of pyridine rings is 1. The minimum Gasteiger partial charge on any atom is -0.507 e. The van der Waals surface area contributed by atoms with Crippen LogP contribution < -0.4 is 0 Å². The van der Waals surface area contributed by atoms with Crippen LogP contribution in [0.15, 0.2) is 225 Å². The first-order chi connectivity index (χ1) is 42.0. The molecule has 446 valence electrons. The molecular weight excluding hydrogens is 1260 g/mol. The Morgan fingerprint density at radius 2 is 0.933 bits per heavy atom. The number of aromatic nitrogens is 4. The average Bonchev–Trinajstić information content (AvgIpc) is 2.08. The zero-order valence-corrected chi connectivity index (χ0v) is 55.7. The van der Waals surface area contributed by atoms with E-state index in [4.69, 9.17) is 9.97 Å². The second kappa shape index (κ2) is 22.9. The predicted molar refractivity (Wildman–Crippen MR) is 372 cm³/mol. The van der Waals surface area contributed by atoms with Gasteiger partial charge in [-0.3, -0.25) is 4.98 Å². The van der Waals surface area contributed by atoms with Crippen LogP contribution in [0.3, 0.4) is 0 Å². The summed E-state index contributed by atoms with van der Waals surface area (Å²) in [4.78, 5) is 11.0. The second-order valence-electron chi connectivity index (χ2n) is 28.1. The van der Waals surface area contributed by atoms with Crippen molar-refractivity contribution in [2.24, 2.45) is 7.05 Å². The number of phenolic OH excluding ortho intramolecular Hbond substituents is 1. The van der Waals surface area contributed by atoms with Gasteiger partial charge < -0.3 is 14.2 Å². The number of rotatable bonds is 9. The quantitative estimate of drug-likeness (QED) is 0.147. The number of aryl methyl sites for hydroxylation is 1. The molecule has 3 heterocycles. The topological polar surface area (TPSA) is 55.9 Å². The van der Waals surface area contributed by atoms with Crippen molar-refractivity contribution >= 4 is 32.8 Å². The number of aromatic hydroxyl groups is 1. The number of imidazole rings is 1. The van der Waals surface area contributed by atoms with Gasteiger partial charge in [-0.25, -0.2) is 4.98 Å². The van der Waals surface area contributed by atoms with E-state index in [1.54, 1.807) is 0 Å². The van der Waals surface area contributed by atoms with E-state index >= 15 is 0 Å². The van der Waals surface area contributed by atoms with Gasteiger partial charge in [0.15, 0.2) is 0 Å². The maximum Gasteiger partial charge on any atom is 0.143 e. The molecule has 0 spiro atoms. The summed E-state index contributed by atoms with van der Waals surface area (Å²) in [6.45, 7) is 26.9. The van der Waals surface area contributed by atoms with Crippen molar-refractivity contribution < 1.29 is 26.2 Å². The fourth-order valence-corrected chi connectivity index (χ4v) is 12.8. The van der Waals surface area contributed by atoms with E-state index in [0.29, 0.717) is 11.4 Å².